The summed E-state index contributed by atoms with van der Waals surface area (Å²) in [6, 6.07) is 5.72. The van der Waals surface area contributed by atoms with E-state index in [2.05, 4.69) is 11.9 Å². The minimum atomic E-state index is -0.716. The predicted molar refractivity (Wildman–Crippen MR) is 136 cm³/mol. The molecule has 1 aromatic rings. The Morgan fingerprint density at radius 1 is 0.606 bits per heavy atom. The summed E-state index contributed by atoms with van der Waals surface area (Å²) in [5, 5.41) is 0. The van der Waals surface area contributed by atoms with Gasteiger partial charge in [-0.1, -0.05) is 109 Å². The average Bonchev–Trinajstić information content (AvgIpc) is 2.79. The second-order valence-electron chi connectivity index (χ2n) is 8.76. The molecule has 0 aliphatic rings. The van der Waals surface area contributed by atoms with Crippen LogP contribution in [0, 0.1) is 0 Å². The smallest absolute Gasteiger partial charge is 0.305 e. The fourth-order valence-corrected chi connectivity index (χ4v) is 3.68. The molecule has 1 aromatic heterocycles. The molecule has 0 bridgehead atoms. The number of carbonyl (C=O) groups excluding carboxylic acids is 2. The fourth-order valence-electron chi connectivity index (χ4n) is 3.68. The number of hydrogen-bond donors (Lipinski definition) is 0. The van der Waals surface area contributed by atoms with Gasteiger partial charge in [-0.25, -0.2) is 0 Å². The monoisotopic (exact) mass is 463 g/mol. The van der Waals surface area contributed by atoms with Gasteiger partial charge < -0.3 is 9.47 Å². The lowest BCUT2D eigenvalue weighted by Gasteiger charge is -2.16. The Labute approximate surface area is 203 Å². The molecule has 0 aliphatic carbocycles. The maximum absolute atomic E-state index is 11.0. The summed E-state index contributed by atoms with van der Waals surface area (Å²) in [5.41, 5.74) is 0. The van der Waals surface area contributed by atoms with Crippen LogP contribution in [0.2, 0.25) is 0 Å². The second-order valence-corrected chi connectivity index (χ2v) is 8.76. The summed E-state index contributed by atoms with van der Waals surface area (Å²) in [4.78, 5) is 25.8. The van der Waals surface area contributed by atoms with Gasteiger partial charge in [0.25, 0.3) is 0 Å². The van der Waals surface area contributed by atoms with Crippen LogP contribution in [-0.2, 0) is 19.1 Å². The van der Waals surface area contributed by atoms with E-state index in [0.717, 1.165) is 12.8 Å². The second kappa shape index (κ2) is 24.7. The van der Waals surface area contributed by atoms with E-state index in [-0.39, 0.29) is 0 Å². The lowest BCUT2D eigenvalue weighted by molar-refractivity contribution is -0.186. The zero-order chi connectivity index (χ0) is 24.4. The molecule has 0 aromatic carbocycles. The first-order chi connectivity index (χ1) is 16.1. The summed E-state index contributed by atoms with van der Waals surface area (Å²) in [7, 11) is 0. The number of unbranched alkanes of at least 4 members (excludes halogenated alkanes) is 15. The molecule has 33 heavy (non-hydrogen) atoms. The van der Waals surface area contributed by atoms with Gasteiger partial charge in [-0.15, -0.1) is 0 Å². The third-order valence-corrected chi connectivity index (χ3v) is 5.45. The number of pyridine rings is 1. The summed E-state index contributed by atoms with van der Waals surface area (Å²) >= 11 is 0. The van der Waals surface area contributed by atoms with Gasteiger partial charge in [-0.3, -0.25) is 14.6 Å². The molecule has 5 nitrogen and oxygen atoms in total. The summed E-state index contributed by atoms with van der Waals surface area (Å²) < 4.78 is 10.0. The van der Waals surface area contributed by atoms with Gasteiger partial charge in [0.05, 0.1) is 0 Å². The highest BCUT2D eigenvalue weighted by Crippen LogP contribution is 2.15. The molecule has 0 saturated heterocycles. The molecular weight excluding hydrogens is 414 g/mol. The van der Waals surface area contributed by atoms with Crippen LogP contribution < -0.4 is 0 Å². The van der Waals surface area contributed by atoms with Crippen molar-refractivity contribution in [1.82, 2.24) is 4.98 Å². The lowest BCUT2D eigenvalue weighted by Crippen LogP contribution is -2.22. The first-order valence-corrected chi connectivity index (χ1v) is 13.3. The highest BCUT2D eigenvalue weighted by Gasteiger charge is 2.14. The highest BCUT2D eigenvalue weighted by atomic mass is 16.7. The Morgan fingerprint density at radius 2 is 0.970 bits per heavy atom. The molecule has 5 heteroatoms. The lowest BCUT2D eigenvalue weighted by atomic mass is 10.0. The topological polar surface area (TPSA) is 65.5 Å². The molecule has 0 unspecified atom stereocenters. The Kier molecular flexibility index (Phi) is 23.3. The first-order valence-electron chi connectivity index (χ1n) is 13.3. The molecule has 0 aliphatic heterocycles. The molecule has 1 rings (SSSR count). The Morgan fingerprint density at radius 3 is 1.24 bits per heavy atom. The van der Waals surface area contributed by atoms with Gasteiger partial charge in [0, 0.05) is 32.7 Å². The van der Waals surface area contributed by atoms with Gasteiger partial charge in [0.1, 0.15) is 0 Å². The van der Waals surface area contributed by atoms with Gasteiger partial charge in [-0.05, 0) is 18.6 Å². The van der Waals surface area contributed by atoms with Crippen molar-refractivity contribution in [2.45, 2.75) is 136 Å². The number of carbonyl (C=O) groups is 2. The van der Waals surface area contributed by atoms with Crippen molar-refractivity contribution in [3.8, 4) is 0 Å². The highest BCUT2D eigenvalue weighted by molar-refractivity contribution is 5.68. The largest absolute Gasteiger partial charge is 0.425 e. The van der Waals surface area contributed by atoms with Gasteiger partial charge in [-0.2, -0.15) is 0 Å². The Hall–Kier alpha value is -1.91. The number of nitrogens with zero attached hydrogens (tertiary/aromatic N) is 1. The minimum absolute atomic E-state index is 0.405. The van der Waals surface area contributed by atoms with Crippen LogP contribution in [-0.4, -0.2) is 23.2 Å². The minimum Gasteiger partial charge on any atom is -0.425 e. The van der Waals surface area contributed by atoms with Crippen molar-refractivity contribution in [3.63, 3.8) is 0 Å². The van der Waals surface area contributed by atoms with Crippen LogP contribution in [0.25, 0.3) is 0 Å². The molecule has 0 fully saturated rings. The zero-order valence-electron chi connectivity index (χ0n) is 21.6. The fraction of sp³-hybridized carbons (Fsp3) is 0.750. The van der Waals surface area contributed by atoms with E-state index in [1.165, 1.54) is 104 Å². The van der Waals surface area contributed by atoms with Crippen molar-refractivity contribution in [2.24, 2.45) is 0 Å². The predicted octanol–water partition coefficient (Wildman–Crippen LogP) is 8.17. The van der Waals surface area contributed by atoms with E-state index >= 15 is 0 Å². The van der Waals surface area contributed by atoms with Crippen molar-refractivity contribution in [1.29, 1.82) is 0 Å². The number of aromatic nitrogens is 1. The van der Waals surface area contributed by atoms with Gasteiger partial charge >= 0.3 is 11.9 Å². The number of rotatable bonds is 19. The van der Waals surface area contributed by atoms with E-state index in [0.29, 0.717) is 6.42 Å². The van der Waals surface area contributed by atoms with Crippen molar-refractivity contribution < 1.29 is 19.1 Å². The van der Waals surface area contributed by atoms with Crippen LogP contribution in [0.5, 0.6) is 0 Å². The summed E-state index contributed by atoms with van der Waals surface area (Å²) in [5.74, 6) is -0.810. The van der Waals surface area contributed by atoms with E-state index in [4.69, 9.17) is 9.47 Å². The van der Waals surface area contributed by atoms with Gasteiger partial charge in [0.2, 0.25) is 6.29 Å². The summed E-state index contributed by atoms with van der Waals surface area (Å²) in [6.45, 7) is 4.95. The third-order valence-electron chi connectivity index (χ3n) is 5.45. The first kappa shape index (κ1) is 31.1. The molecule has 0 atom stereocenters. The number of hydrogen-bond acceptors (Lipinski definition) is 5. The number of ether oxygens (including phenoxy) is 2. The molecule has 0 spiro atoms. The number of esters is 2. The van der Waals surface area contributed by atoms with E-state index in [1.807, 2.05) is 18.2 Å². The van der Waals surface area contributed by atoms with Gasteiger partial charge in [0.15, 0.2) is 0 Å². The van der Waals surface area contributed by atoms with E-state index in [1.54, 1.807) is 12.4 Å². The zero-order valence-corrected chi connectivity index (χ0v) is 21.6. The van der Waals surface area contributed by atoms with Crippen molar-refractivity contribution in [3.05, 3.63) is 30.6 Å². The molecule has 0 amide bonds. The SMILES string of the molecule is CCCCCCCCCCCCCCCCCCC(OC(C)=O)OC(C)=O.c1ccncc1. The van der Waals surface area contributed by atoms with E-state index in [9.17, 15) is 9.59 Å². The normalized spacial score (nSPS) is 10.4. The average molecular weight is 464 g/mol. The molecule has 1 heterocycles. The van der Waals surface area contributed by atoms with Crippen LogP contribution >= 0.6 is 0 Å². The molecule has 0 radical (unpaired) electrons. The standard InChI is InChI=1S/C23H44O4.C5H5N/c1-4-5-6-7-8-9-10-11-12-13-14-15-16-17-18-19-20-23(26-21(2)24)27-22(3)25;1-2-4-6-5-3-1/h23H,4-20H2,1-3H3;1-5H. The molecule has 190 valence electrons. The van der Waals surface area contributed by atoms with E-state index < -0.39 is 18.2 Å². The Bertz CT molecular complexity index is 507. The summed E-state index contributed by atoms with van der Waals surface area (Å²) in [6.07, 6.45) is 24.5. The quantitative estimate of drug-likeness (QED) is 0.118. The third kappa shape index (κ3) is 26.2. The van der Waals surface area contributed by atoms with Crippen LogP contribution in [0.4, 0.5) is 0 Å². The maximum Gasteiger partial charge on any atom is 0.305 e. The van der Waals surface area contributed by atoms with Crippen molar-refractivity contribution in [2.75, 3.05) is 0 Å². The van der Waals surface area contributed by atoms with Crippen LogP contribution in [0.1, 0.15) is 130 Å². The maximum atomic E-state index is 11.0. The molecule has 0 N–H and O–H groups in total. The molecule has 0 saturated carbocycles. The Balaban J connectivity index is 0.00000146. The molecular formula is C28H49NO4. The van der Waals surface area contributed by atoms with Crippen LogP contribution in [0.15, 0.2) is 30.6 Å². The van der Waals surface area contributed by atoms with Crippen LogP contribution in [0.3, 0.4) is 0 Å². The van der Waals surface area contributed by atoms with Crippen molar-refractivity contribution >= 4 is 11.9 Å².